The van der Waals surface area contributed by atoms with Gasteiger partial charge in [-0.2, -0.15) is 0 Å². The van der Waals surface area contributed by atoms with Crippen molar-refractivity contribution in [3.05, 3.63) is 59.1 Å². The third-order valence-electron chi connectivity index (χ3n) is 3.41. The van der Waals surface area contributed by atoms with E-state index in [1.54, 1.807) is 14.2 Å². The van der Waals surface area contributed by atoms with Crippen LogP contribution in [0.3, 0.4) is 0 Å². The second-order valence-corrected chi connectivity index (χ2v) is 7.75. The maximum absolute atomic E-state index is 5.50. The van der Waals surface area contributed by atoms with Gasteiger partial charge in [0, 0.05) is 0 Å². The number of methoxy groups -OCH3 is 2. The number of halogens is 1. The Morgan fingerprint density at radius 2 is 1.36 bits per heavy atom. The molecule has 0 saturated carbocycles. The number of ether oxygens (including phenoxy) is 2. The fourth-order valence-electron chi connectivity index (χ4n) is 2.37. The summed E-state index contributed by atoms with van der Waals surface area (Å²) in [5.74, 6) is 1.82. The average molecular weight is 422 g/mol. The normalized spacial score (nSPS) is 10.5. The van der Waals surface area contributed by atoms with Crippen molar-refractivity contribution in [2.75, 3.05) is 14.2 Å². The Morgan fingerprint density at radius 1 is 0.818 bits per heavy atom. The molecule has 4 heteroatoms. The van der Waals surface area contributed by atoms with E-state index in [4.69, 9.17) is 9.47 Å². The predicted octanol–water partition coefficient (Wildman–Crippen LogP) is 4.86. The van der Waals surface area contributed by atoms with Crippen LogP contribution in [-0.2, 0) is 0 Å². The second-order valence-electron chi connectivity index (χ2n) is 4.69. The molecule has 112 valence electrons. The molecule has 1 aromatic heterocycles. The summed E-state index contributed by atoms with van der Waals surface area (Å²) >= 11 is 3.91. The van der Waals surface area contributed by atoms with Crippen molar-refractivity contribution in [1.82, 2.24) is 0 Å². The molecule has 0 N–H and O–H groups in total. The van der Waals surface area contributed by atoms with Gasteiger partial charge in [0.1, 0.15) is 0 Å². The molecular formula is C18H15BrO2Se. The van der Waals surface area contributed by atoms with E-state index >= 15 is 0 Å². The van der Waals surface area contributed by atoms with E-state index in [2.05, 4.69) is 34.1 Å². The first-order valence-corrected chi connectivity index (χ1v) is 9.31. The molecule has 0 aliphatic heterocycles. The molecule has 0 spiro atoms. The topological polar surface area (TPSA) is 18.5 Å². The molecule has 0 atom stereocenters. The number of benzene rings is 2. The molecule has 0 fully saturated rings. The Balaban J connectivity index is 2.12. The molecule has 0 aliphatic rings. The van der Waals surface area contributed by atoms with E-state index in [9.17, 15) is 0 Å². The Labute approximate surface area is 144 Å². The summed E-state index contributed by atoms with van der Waals surface area (Å²) in [7, 11) is 3.43. The van der Waals surface area contributed by atoms with Crippen LogP contribution in [0.25, 0.3) is 20.0 Å². The maximum atomic E-state index is 5.50. The molecule has 0 unspecified atom stereocenters. The number of hydrogen-bond acceptors (Lipinski definition) is 2. The fourth-order valence-corrected chi connectivity index (χ4v) is 5.90. The molecule has 3 aromatic rings. The molecular weight excluding hydrogens is 407 g/mol. The number of para-hydroxylation sites is 2. The van der Waals surface area contributed by atoms with Crippen LogP contribution in [0.4, 0.5) is 0 Å². The molecule has 0 bridgehead atoms. The van der Waals surface area contributed by atoms with Gasteiger partial charge in [-0.15, -0.1) is 0 Å². The zero-order valence-electron chi connectivity index (χ0n) is 12.3. The summed E-state index contributed by atoms with van der Waals surface area (Å²) < 4.78 is 14.7. The second kappa shape index (κ2) is 6.74. The van der Waals surface area contributed by atoms with Gasteiger partial charge < -0.3 is 0 Å². The monoisotopic (exact) mass is 422 g/mol. The van der Waals surface area contributed by atoms with Crippen molar-refractivity contribution in [3.63, 3.8) is 0 Å². The van der Waals surface area contributed by atoms with Crippen molar-refractivity contribution in [1.29, 1.82) is 0 Å². The third-order valence-corrected chi connectivity index (χ3v) is 7.15. The van der Waals surface area contributed by atoms with Crippen LogP contribution in [0.2, 0.25) is 0 Å². The van der Waals surface area contributed by atoms with Gasteiger partial charge in [-0.3, -0.25) is 0 Å². The third kappa shape index (κ3) is 2.87. The van der Waals surface area contributed by atoms with Gasteiger partial charge in [-0.1, -0.05) is 0 Å². The summed E-state index contributed by atoms with van der Waals surface area (Å²) in [6.07, 6.45) is 0. The van der Waals surface area contributed by atoms with Crippen molar-refractivity contribution in [3.8, 4) is 31.5 Å². The quantitative estimate of drug-likeness (QED) is 0.560. The zero-order valence-corrected chi connectivity index (χ0v) is 15.6. The summed E-state index contributed by atoms with van der Waals surface area (Å²) in [5.41, 5.74) is 2.31. The van der Waals surface area contributed by atoms with E-state index < -0.39 is 0 Å². The zero-order chi connectivity index (χ0) is 15.5. The molecule has 2 aromatic carbocycles. The molecule has 3 rings (SSSR count). The van der Waals surface area contributed by atoms with Crippen LogP contribution in [-0.4, -0.2) is 28.7 Å². The van der Waals surface area contributed by atoms with Gasteiger partial charge in [0.25, 0.3) is 0 Å². The van der Waals surface area contributed by atoms with Crippen LogP contribution < -0.4 is 9.47 Å². The van der Waals surface area contributed by atoms with E-state index in [1.165, 1.54) is 8.87 Å². The van der Waals surface area contributed by atoms with Gasteiger partial charge in [0.05, 0.1) is 0 Å². The minimum atomic E-state index is 0.197. The van der Waals surface area contributed by atoms with Crippen LogP contribution in [0.5, 0.6) is 11.5 Å². The van der Waals surface area contributed by atoms with E-state index in [0.29, 0.717) is 0 Å². The van der Waals surface area contributed by atoms with Crippen molar-refractivity contribution >= 4 is 30.4 Å². The fraction of sp³-hybridized carbons (Fsp3) is 0.111. The first kappa shape index (κ1) is 15.4. The molecule has 0 amide bonds. The van der Waals surface area contributed by atoms with Crippen LogP contribution >= 0.6 is 15.9 Å². The molecule has 2 nitrogen and oxygen atoms in total. The van der Waals surface area contributed by atoms with Crippen LogP contribution in [0.15, 0.2) is 59.1 Å². The summed E-state index contributed by atoms with van der Waals surface area (Å²) in [5, 5.41) is 0. The standard InChI is InChI=1S/C18H15BrO2Se/c1-20-15-9-5-3-7-12(15)17-11-14(19)18(22-17)13-8-4-6-10-16(13)21-2/h3-11H,1-2H3. The average Bonchev–Trinajstić information content (AvgIpc) is 2.96. The summed E-state index contributed by atoms with van der Waals surface area (Å²) in [6, 6.07) is 18.5. The Morgan fingerprint density at radius 3 is 2.00 bits per heavy atom. The summed E-state index contributed by atoms with van der Waals surface area (Å²) in [4.78, 5) is 0. The Hall–Kier alpha value is -1.48. The molecule has 1 heterocycles. The van der Waals surface area contributed by atoms with Crippen molar-refractivity contribution < 1.29 is 9.47 Å². The van der Waals surface area contributed by atoms with E-state index in [-0.39, 0.29) is 14.5 Å². The van der Waals surface area contributed by atoms with Gasteiger partial charge in [-0.25, -0.2) is 0 Å². The molecule has 0 saturated heterocycles. The Kier molecular flexibility index (Phi) is 4.72. The van der Waals surface area contributed by atoms with Gasteiger partial charge in [0.2, 0.25) is 0 Å². The first-order valence-electron chi connectivity index (χ1n) is 6.80. The summed E-state index contributed by atoms with van der Waals surface area (Å²) in [6.45, 7) is 0. The van der Waals surface area contributed by atoms with Gasteiger partial charge in [0.15, 0.2) is 0 Å². The number of rotatable bonds is 4. The van der Waals surface area contributed by atoms with Crippen molar-refractivity contribution in [2.24, 2.45) is 0 Å². The molecule has 0 radical (unpaired) electrons. The SMILES string of the molecule is COc1ccccc1-c1cc(Br)c(-c2ccccc2OC)[se]1. The minimum absolute atomic E-state index is 0.197. The van der Waals surface area contributed by atoms with Crippen LogP contribution in [0, 0.1) is 0 Å². The van der Waals surface area contributed by atoms with Gasteiger partial charge >= 0.3 is 145 Å². The first-order chi connectivity index (χ1) is 10.7. The molecule has 0 aliphatic carbocycles. The predicted molar refractivity (Wildman–Crippen MR) is 95.1 cm³/mol. The number of hydrogen-bond donors (Lipinski definition) is 0. The van der Waals surface area contributed by atoms with E-state index in [1.807, 2.05) is 36.4 Å². The van der Waals surface area contributed by atoms with E-state index in [0.717, 1.165) is 27.1 Å². The van der Waals surface area contributed by atoms with Crippen molar-refractivity contribution in [2.45, 2.75) is 0 Å². The van der Waals surface area contributed by atoms with Gasteiger partial charge in [-0.05, 0) is 0 Å². The Bertz CT molecular complexity index is 795. The van der Waals surface area contributed by atoms with Crippen LogP contribution in [0.1, 0.15) is 0 Å². The molecule has 22 heavy (non-hydrogen) atoms.